The highest BCUT2D eigenvalue weighted by molar-refractivity contribution is 8.01. The van der Waals surface area contributed by atoms with Crippen molar-refractivity contribution in [1.29, 1.82) is 0 Å². The fourth-order valence-corrected chi connectivity index (χ4v) is 2.57. The summed E-state index contributed by atoms with van der Waals surface area (Å²) in [6, 6.07) is 2.64. The minimum atomic E-state index is -0.953. The molecule has 2 aromatic heterocycles. The van der Waals surface area contributed by atoms with Gasteiger partial charge in [-0.15, -0.1) is 10.2 Å². The number of carboxylic acids is 1. The highest BCUT2D eigenvalue weighted by Crippen LogP contribution is 2.31. The SMILES string of the molecule is O=C(O)CSc1nnc(-c2ccc([N+](=O)[O-])o2)s1. The van der Waals surface area contributed by atoms with Crippen molar-refractivity contribution in [3.63, 3.8) is 0 Å². The van der Waals surface area contributed by atoms with Crippen molar-refractivity contribution in [3.8, 4) is 10.8 Å². The van der Waals surface area contributed by atoms with E-state index in [9.17, 15) is 14.9 Å². The maximum atomic E-state index is 10.4. The predicted octanol–water partition coefficient (Wildman–Crippen LogP) is 1.88. The lowest BCUT2D eigenvalue weighted by Crippen LogP contribution is -1.96. The Morgan fingerprint density at radius 3 is 2.94 bits per heavy atom. The molecular weight excluding hydrogens is 282 g/mol. The van der Waals surface area contributed by atoms with E-state index in [1.165, 1.54) is 12.1 Å². The molecule has 0 unspecified atom stereocenters. The Kier molecular flexibility index (Phi) is 3.58. The van der Waals surface area contributed by atoms with E-state index in [1.54, 1.807) is 0 Å². The summed E-state index contributed by atoms with van der Waals surface area (Å²) in [7, 11) is 0. The minimum Gasteiger partial charge on any atom is -0.481 e. The van der Waals surface area contributed by atoms with Gasteiger partial charge in [-0.3, -0.25) is 14.9 Å². The third kappa shape index (κ3) is 2.84. The van der Waals surface area contributed by atoms with Crippen LogP contribution in [0.25, 0.3) is 10.8 Å². The van der Waals surface area contributed by atoms with Crippen LogP contribution < -0.4 is 0 Å². The summed E-state index contributed by atoms with van der Waals surface area (Å²) in [5.74, 6) is -1.21. The van der Waals surface area contributed by atoms with Crippen LogP contribution >= 0.6 is 23.1 Å². The lowest BCUT2D eigenvalue weighted by molar-refractivity contribution is -0.401. The number of aromatic nitrogens is 2. The summed E-state index contributed by atoms with van der Waals surface area (Å²) in [6.07, 6.45) is 0. The van der Waals surface area contributed by atoms with Crippen LogP contribution in [0.4, 0.5) is 5.88 Å². The van der Waals surface area contributed by atoms with Crippen LogP contribution in [-0.4, -0.2) is 31.9 Å². The number of hydrogen-bond donors (Lipinski definition) is 1. The van der Waals surface area contributed by atoms with Crippen molar-refractivity contribution < 1.29 is 19.2 Å². The summed E-state index contributed by atoms with van der Waals surface area (Å²) in [5.41, 5.74) is 0. The minimum absolute atomic E-state index is 0.118. The first-order valence-electron chi connectivity index (χ1n) is 4.49. The van der Waals surface area contributed by atoms with Gasteiger partial charge < -0.3 is 9.52 Å². The number of hydrogen-bond acceptors (Lipinski definition) is 8. The number of carboxylic acid groups (broad SMARTS) is 1. The normalized spacial score (nSPS) is 10.4. The van der Waals surface area contributed by atoms with Gasteiger partial charge in [-0.1, -0.05) is 23.1 Å². The Morgan fingerprint density at radius 1 is 1.56 bits per heavy atom. The average Bonchev–Trinajstić information content (AvgIpc) is 2.95. The fraction of sp³-hybridized carbons (Fsp3) is 0.125. The molecule has 10 heteroatoms. The van der Waals surface area contributed by atoms with Gasteiger partial charge in [-0.05, 0) is 6.07 Å². The first-order chi connectivity index (χ1) is 8.56. The molecule has 0 aromatic carbocycles. The van der Waals surface area contributed by atoms with Crippen molar-refractivity contribution in [1.82, 2.24) is 10.2 Å². The molecule has 0 atom stereocenters. The Hall–Kier alpha value is -1.94. The molecule has 0 aliphatic heterocycles. The van der Waals surface area contributed by atoms with Gasteiger partial charge >= 0.3 is 11.9 Å². The van der Waals surface area contributed by atoms with Crippen molar-refractivity contribution in [2.24, 2.45) is 0 Å². The first kappa shape index (κ1) is 12.5. The maximum Gasteiger partial charge on any atom is 0.433 e. The van der Waals surface area contributed by atoms with E-state index < -0.39 is 10.9 Å². The van der Waals surface area contributed by atoms with Crippen LogP contribution in [0.15, 0.2) is 20.9 Å². The van der Waals surface area contributed by atoms with Crippen molar-refractivity contribution in [3.05, 3.63) is 22.2 Å². The lowest BCUT2D eigenvalue weighted by atomic mass is 10.5. The summed E-state index contributed by atoms with van der Waals surface area (Å²) < 4.78 is 5.42. The first-order valence-corrected chi connectivity index (χ1v) is 6.29. The number of aliphatic carboxylic acids is 1. The zero-order valence-corrected chi connectivity index (χ0v) is 10.2. The molecule has 0 saturated carbocycles. The average molecular weight is 287 g/mol. The Labute approximate surface area is 108 Å². The summed E-state index contributed by atoms with van der Waals surface area (Å²) in [4.78, 5) is 20.2. The predicted molar refractivity (Wildman–Crippen MR) is 62.6 cm³/mol. The fourth-order valence-electron chi connectivity index (χ4n) is 1.03. The van der Waals surface area contributed by atoms with Gasteiger partial charge in [0.15, 0.2) is 15.1 Å². The second kappa shape index (κ2) is 5.14. The van der Waals surface area contributed by atoms with Gasteiger partial charge in [0, 0.05) is 0 Å². The quantitative estimate of drug-likeness (QED) is 0.503. The van der Waals surface area contributed by atoms with Gasteiger partial charge in [0.1, 0.15) is 4.92 Å². The summed E-state index contributed by atoms with van der Waals surface area (Å²) in [5, 5.41) is 26.8. The van der Waals surface area contributed by atoms with E-state index >= 15 is 0 Å². The highest BCUT2D eigenvalue weighted by atomic mass is 32.2. The molecule has 0 spiro atoms. The molecule has 18 heavy (non-hydrogen) atoms. The topological polar surface area (TPSA) is 119 Å². The van der Waals surface area contributed by atoms with Crippen molar-refractivity contribution in [2.75, 3.05) is 5.75 Å². The molecule has 0 radical (unpaired) electrons. The number of furan rings is 1. The van der Waals surface area contributed by atoms with E-state index in [4.69, 9.17) is 9.52 Å². The van der Waals surface area contributed by atoms with Crippen molar-refractivity contribution in [2.45, 2.75) is 4.34 Å². The Morgan fingerprint density at radius 2 is 2.33 bits per heavy atom. The third-order valence-corrected chi connectivity index (χ3v) is 3.76. The zero-order valence-electron chi connectivity index (χ0n) is 8.60. The molecule has 94 valence electrons. The van der Waals surface area contributed by atoms with E-state index in [-0.39, 0.29) is 17.4 Å². The van der Waals surface area contributed by atoms with Gasteiger partial charge in [0.05, 0.1) is 11.8 Å². The van der Waals surface area contributed by atoms with Crippen LogP contribution in [0.2, 0.25) is 0 Å². The second-order valence-corrected chi connectivity index (χ2v) is 5.15. The van der Waals surface area contributed by atoms with E-state index in [1.807, 2.05) is 0 Å². The number of nitrogens with zero attached hydrogens (tertiary/aromatic N) is 3. The number of rotatable bonds is 5. The monoisotopic (exact) mass is 287 g/mol. The molecule has 2 aromatic rings. The standard InChI is InChI=1S/C8H5N3O5S2/c12-6(13)3-17-8-10-9-7(18-8)4-1-2-5(16-4)11(14)15/h1-2H,3H2,(H,12,13). The van der Waals surface area contributed by atoms with Crippen molar-refractivity contribution >= 4 is 35.0 Å². The Balaban J connectivity index is 2.13. The van der Waals surface area contributed by atoms with Crippen LogP contribution in [0, 0.1) is 10.1 Å². The van der Waals surface area contributed by atoms with Gasteiger partial charge in [0.2, 0.25) is 0 Å². The number of carbonyl (C=O) groups is 1. The molecule has 2 heterocycles. The maximum absolute atomic E-state index is 10.4. The second-order valence-electron chi connectivity index (χ2n) is 2.95. The largest absolute Gasteiger partial charge is 0.481 e. The van der Waals surface area contributed by atoms with Gasteiger partial charge in [0.25, 0.3) is 0 Å². The van der Waals surface area contributed by atoms with E-state index in [0.29, 0.717) is 9.35 Å². The van der Waals surface area contributed by atoms with E-state index in [2.05, 4.69) is 10.2 Å². The Bertz CT molecular complexity index is 593. The molecule has 2 rings (SSSR count). The molecule has 0 amide bonds. The van der Waals surface area contributed by atoms with Crippen LogP contribution in [-0.2, 0) is 4.79 Å². The number of nitro groups is 1. The molecule has 0 bridgehead atoms. The molecule has 0 aliphatic carbocycles. The van der Waals surface area contributed by atoms with Gasteiger partial charge in [-0.2, -0.15) is 0 Å². The highest BCUT2D eigenvalue weighted by Gasteiger charge is 2.16. The molecule has 0 aliphatic rings. The molecule has 8 nitrogen and oxygen atoms in total. The lowest BCUT2D eigenvalue weighted by Gasteiger charge is -1.88. The molecule has 0 saturated heterocycles. The molecule has 0 fully saturated rings. The summed E-state index contributed by atoms with van der Waals surface area (Å²) >= 11 is 2.14. The number of thioether (sulfide) groups is 1. The van der Waals surface area contributed by atoms with Crippen LogP contribution in [0.1, 0.15) is 0 Å². The molecule has 1 N–H and O–H groups in total. The van der Waals surface area contributed by atoms with E-state index in [0.717, 1.165) is 23.1 Å². The zero-order chi connectivity index (χ0) is 13.1. The smallest absolute Gasteiger partial charge is 0.433 e. The molecular formula is C8H5N3O5S2. The van der Waals surface area contributed by atoms with Crippen LogP contribution in [0.5, 0.6) is 0 Å². The third-order valence-electron chi connectivity index (χ3n) is 1.71. The summed E-state index contributed by atoms with van der Waals surface area (Å²) in [6.45, 7) is 0. The van der Waals surface area contributed by atoms with Gasteiger partial charge in [-0.25, -0.2) is 0 Å². The van der Waals surface area contributed by atoms with Crippen LogP contribution in [0.3, 0.4) is 0 Å².